The number of hydrogen-bond acceptors (Lipinski definition) is 4. The summed E-state index contributed by atoms with van der Waals surface area (Å²) < 4.78 is 5.21. The minimum absolute atomic E-state index is 0.263. The normalized spacial score (nSPS) is 25.5. The Hall–Kier alpha value is -0.420. The number of aryl methyl sites for hydroxylation is 1. The SMILES string of the molecule is CCc1ccc(C2C(N)CCCN2CCOC)s1. The maximum atomic E-state index is 6.35. The van der Waals surface area contributed by atoms with Crippen LogP contribution in [0.2, 0.25) is 0 Å². The molecule has 0 spiro atoms. The van der Waals surface area contributed by atoms with E-state index < -0.39 is 0 Å². The van der Waals surface area contributed by atoms with E-state index in [1.165, 1.54) is 16.2 Å². The van der Waals surface area contributed by atoms with Gasteiger partial charge in [-0.1, -0.05) is 6.92 Å². The first-order valence-corrected chi connectivity index (χ1v) is 7.65. The lowest BCUT2D eigenvalue weighted by Crippen LogP contribution is -2.46. The van der Waals surface area contributed by atoms with E-state index in [0.29, 0.717) is 6.04 Å². The highest BCUT2D eigenvalue weighted by Crippen LogP contribution is 2.34. The van der Waals surface area contributed by atoms with E-state index in [-0.39, 0.29) is 6.04 Å². The second kappa shape index (κ2) is 6.66. The molecule has 2 unspecified atom stereocenters. The number of thiophene rings is 1. The zero-order valence-electron chi connectivity index (χ0n) is 11.4. The number of rotatable bonds is 5. The molecule has 2 N–H and O–H groups in total. The standard InChI is InChI=1S/C14H24N2OS/c1-3-11-6-7-13(18-11)14-12(15)5-4-8-16(14)9-10-17-2/h6-7,12,14H,3-5,8-10,15H2,1-2H3. The zero-order valence-corrected chi connectivity index (χ0v) is 12.2. The predicted octanol–water partition coefficient (Wildman–Crippen LogP) is 2.42. The van der Waals surface area contributed by atoms with E-state index in [1.54, 1.807) is 7.11 Å². The highest BCUT2D eigenvalue weighted by molar-refractivity contribution is 7.12. The summed E-state index contributed by atoms with van der Waals surface area (Å²) in [6.45, 7) is 5.11. The van der Waals surface area contributed by atoms with E-state index >= 15 is 0 Å². The van der Waals surface area contributed by atoms with Crippen LogP contribution >= 0.6 is 11.3 Å². The van der Waals surface area contributed by atoms with Crippen LogP contribution in [0.3, 0.4) is 0 Å². The predicted molar refractivity (Wildman–Crippen MR) is 77.1 cm³/mol. The fourth-order valence-corrected chi connectivity index (χ4v) is 3.86. The van der Waals surface area contributed by atoms with Crippen molar-refractivity contribution < 1.29 is 4.74 Å². The number of likely N-dealkylation sites (tertiary alicyclic amines) is 1. The van der Waals surface area contributed by atoms with Crippen LogP contribution in [-0.4, -0.2) is 37.7 Å². The average molecular weight is 268 g/mol. The van der Waals surface area contributed by atoms with Gasteiger partial charge in [0.05, 0.1) is 12.6 Å². The van der Waals surface area contributed by atoms with E-state index in [9.17, 15) is 0 Å². The summed E-state index contributed by atoms with van der Waals surface area (Å²) in [6.07, 6.45) is 3.45. The molecule has 2 rings (SSSR count). The summed E-state index contributed by atoms with van der Waals surface area (Å²) in [5.74, 6) is 0. The molecule has 0 radical (unpaired) electrons. The van der Waals surface area contributed by atoms with Gasteiger partial charge in [0.1, 0.15) is 0 Å². The number of nitrogens with two attached hydrogens (primary N) is 1. The summed E-state index contributed by atoms with van der Waals surface area (Å²) >= 11 is 1.92. The Bertz CT molecular complexity index is 366. The molecule has 0 aliphatic carbocycles. The molecule has 3 nitrogen and oxygen atoms in total. The van der Waals surface area contributed by atoms with Crippen LogP contribution in [0.15, 0.2) is 12.1 Å². The van der Waals surface area contributed by atoms with Crippen molar-refractivity contribution in [1.29, 1.82) is 0 Å². The van der Waals surface area contributed by atoms with Crippen molar-refractivity contribution >= 4 is 11.3 Å². The van der Waals surface area contributed by atoms with Crippen LogP contribution < -0.4 is 5.73 Å². The Labute approximate surface area is 114 Å². The topological polar surface area (TPSA) is 38.5 Å². The Balaban J connectivity index is 2.13. The van der Waals surface area contributed by atoms with Gasteiger partial charge in [0.2, 0.25) is 0 Å². The summed E-state index contributed by atoms with van der Waals surface area (Å²) in [7, 11) is 1.76. The maximum absolute atomic E-state index is 6.35. The highest BCUT2D eigenvalue weighted by atomic mass is 32.1. The lowest BCUT2D eigenvalue weighted by atomic mass is 9.95. The van der Waals surface area contributed by atoms with Crippen LogP contribution in [0.25, 0.3) is 0 Å². The summed E-state index contributed by atoms with van der Waals surface area (Å²) in [5.41, 5.74) is 6.35. The van der Waals surface area contributed by atoms with Gasteiger partial charge < -0.3 is 10.5 Å². The first-order valence-electron chi connectivity index (χ1n) is 6.83. The Morgan fingerprint density at radius 3 is 3.00 bits per heavy atom. The third-order valence-electron chi connectivity index (χ3n) is 3.69. The molecule has 2 heterocycles. The first-order chi connectivity index (χ1) is 8.76. The molecule has 1 fully saturated rings. The van der Waals surface area contributed by atoms with Gasteiger partial charge in [-0.3, -0.25) is 4.90 Å². The lowest BCUT2D eigenvalue weighted by Gasteiger charge is -2.39. The first kappa shape index (κ1) is 14.0. The third-order valence-corrected chi connectivity index (χ3v) is 4.99. The molecule has 18 heavy (non-hydrogen) atoms. The van der Waals surface area contributed by atoms with Gasteiger partial charge in [-0.05, 0) is 37.9 Å². The molecular formula is C14H24N2OS. The molecule has 0 amide bonds. The van der Waals surface area contributed by atoms with Crippen LogP contribution in [0, 0.1) is 0 Å². The van der Waals surface area contributed by atoms with E-state index in [4.69, 9.17) is 10.5 Å². The van der Waals surface area contributed by atoms with Gasteiger partial charge in [0.15, 0.2) is 0 Å². The van der Waals surface area contributed by atoms with Crippen molar-refractivity contribution in [3.63, 3.8) is 0 Å². The number of ether oxygens (including phenoxy) is 1. The molecule has 0 bridgehead atoms. The molecular weight excluding hydrogens is 244 g/mol. The van der Waals surface area contributed by atoms with Crippen molar-refractivity contribution in [2.45, 2.75) is 38.3 Å². The Morgan fingerprint density at radius 2 is 2.33 bits per heavy atom. The second-order valence-corrected chi connectivity index (χ2v) is 6.14. The molecule has 1 aromatic rings. The molecule has 1 aliphatic rings. The molecule has 1 aromatic heterocycles. The van der Waals surface area contributed by atoms with E-state index in [0.717, 1.165) is 32.5 Å². The molecule has 1 aliphatic heterocycles. The lowest BCUT2D eigenvalue weighted by molar-refractivity contribution is 0.0864. The van der Waals surface area contributed by atoms with Gasteiger partial charge >= 0.3 is 0 Å². The average Bonchev–Trinajstić information content (AvgIpc) is 2.84. The number of hydrogen-bond donors (Lipinski definition) is 1. The maximum Gasteiger partial charge on any atom is 0.0594 e. The van der Waals surface area contributed by atoms with Crippen LogP contribution in [0.1, 0.15) is 35.6 Å². The number of methoxy groups -OCH3 is 1. The van der Waals surface area contributed by atoms with Crippen molar-refractivity contribution in [3.8, 4) is 0 Å². The minimum Gasteiger partial charge on any atom is -0.383 e. The summed E-state index contributed by atoms with van der Waals surface area (Å²) in [5, 5.41) is 0. The van der Waals surface area contributed by atoms with E-state index in [2.05, 4.69) is 24.0 Å². The fraction of sp³-hybridized carbons (Fsp3) is 0.714. The fourth-order valence-electron chi connectivity index (χ4n) is 2.69. The largest absolute Gasteiger partial charge is 0.383 e. The molecule has 1 saturated heterocycles. The van der Waals surface area contributed by atoms with Crippen molar-refractivity contribution in [3.05, 3.63) is 21.9 Å². The zero-order chi connectivity index (χ0) is 13.0. The van der Waals surface area contributed by atoms with Crippen molar-refractivity contribution in [1.82, 2.24) is 4.90 Å². The smallest absolute Gasteiger partial charge is 0.0594 e. The second-order valence-electron chi connectivity index (χ2n) is 4.94. The van der Waals surface area contributed by atoms with Gasteiger partial charge in [-0.25, -0.2) is 0 Å². The minimum atomic E-state index is 0.263. The molecule has 102 valence electrons. The van der Waals surface area contributed by atoms with Crippen LogP contribution in [0.4, 0.5) is 0 Å². The molecule has 2 atom stereocenters. The molecule has 0 saturated carbocycles. The Kier molecular flexibility index (Phi) is 5.18. The number of nitrogens with zero attached hydrogens (tertiary/aromatic N) is 1. The quantitative estimate of drug-likeness (QED) is 0.891. The van der Waals surface area contributed by atoms with Crippen LogP contribution in [0.5, 0.6) is 0 Å². The van der Waals surface area contributed by atoms with Crippen LogP contribution in [-0.2, 0) is 11.2 Å². The van der Waals surface area contributed by atoms with Gasteiger partial charge in [0.25, 0.3) is 0 Å². The number of piperidine rings is 1. The highest BCUT2D eigenvalue weighted by Gasteiger charge is 2.30. The summed E-state index contributed by atoms with van der Waals surface area (Å²) in [4.78, 5) is 5.37. The molecule has 4 heteroatoms. The van der Waals surface area contributed by atoms with Gasteiger partial charge in [-0.15, -0.1) is 11.3 Å². The summed E-state index contributed by atoms with van der Waals surface area (Å²) in [6, 6.07) is 5.16. The van der Waals surface area contributed by atoms with E-state index in [1.807, 2.05) is 11.3 Å². The molecule has 0 aromatic carbocycles. The monoisotopic (exact) mass is 268 g/mol. The van der Waals surface area contributed by atoms with Crippen molar-refractivity contribution in [2.24, 2.45) is 5.73 Å². The Morgan fingerprint density at radius 1 is 1.50 bits per heavy atom. The van der Waals surface area contributed by atoms with Gasteiger partial charge in [-0.2, -0.15) is 0 Å². The van der Waals surface area contributed by atoms with Gasteiger partial charge in [0, 0.05) is 29.5 Å². The third kappa shape index (κ3) is 3.12. The van der Waals surface area contributed by atoms with Crippen molar-refractivity contribution in [2.75, 3.05) is 26.8 Å².